The molecule has 0 fully saturated rings. The summed E-state index contributed by atoms with van der Waals surface area (Å²) in [6.07, 6.45) is 0. The average molecular weight is 434 g/mol. The molecule has 6 heteroatoms. The predicted octanol–water partition coefficient (Wildman–Crippen LogP) is 5.06. The van der Waals surface area contributed by atoms with Crippen LogP contribution in [0.5, 0.6) is 11.5 Å². The maximum absolute atomic E-state index is 10.7. The fourth-order valence-corrected chi connectivity index (χ4v) is 2.35. The second-order valence-corrected chi connectivity index (χ2v) is 5.90. The fraction of sp³-hybridized carbons (Fsp3) is 0.0769. The number of benzene rings is 2. The highest BCUT2D eigenvalue weighted by Gasteiger charge is 2.10. The van der Waals surface area contributed by atoms with Crippen molar-refractivity contribution in [2.75, 3.05) is 0 Å². The third-order valence-electron chi connectivity index (χ3n) is 2.48. The first-order valence-corrected chi connectivity index (χ1v) is 7.22. The van der Waals surface area contributed by atoms with Crippen molar-refractivity contribution in [2.45, 2.75) is 6.92 Å². The van der Waals surface area contributed by atoms with Crippen LogP contribution in [0.4, 0.5) is 5.69 Å². The molecule has 0 atom stereocenters. The van der Waals surface area contributed by atoms with E-state index in [4.69, 9.17) is 4.74 Å². The molecule has 0 amide bonds. The van der Waals surface area contributed by atoms with Gasteiger partial charge in [0, 0.05) is 16.6 Å². The van der Waals surface area contributed by atoms with Gasteiger partial charge < -0.3 is 4.74 Å². The SMILES string of the molecule is Cc1cc(Oc2ccc([N+](=O)[O-])cc2I)ccc1Br. The highest BCUT2D eigenvalue weighted by Crippen LogP contribution is 2.31. The first-order valence-electron chi connectivity index (χ1n) is 5.35. The van der Waals surface area contributed by atoms with Crippen LogP contribution in [0.1, 0.15) is 5.56 Å². The molecule has 2 aromatic carbocycles. The Hall–Kier alpha value is -1.15. The van der Waals surface area contributed by atoms with Gasteiger partial charge >= 0.3 is 0 Å². The molecule has 98 valence electrons. The molecule has 19 heavy (non-hydrogen) atoms. The molecular weight excluding hydrogens is 425 g/mol. The van der Waals surface area contributed by atoms with E-state index in [9.17, 15) is 10.1 Å². The smallest absolute Gasteiger partial charge is 0.270 e. The van der Waals surface area contributed by atoms with E-state index >= 15 is 0 Å². The molecule has 0 aromatic heterocycles. The Kier molecular flexibility index (Phi) is 4.41. The van der Waals surface area contributed by atoms with Crippen LogP contribution >= 0.6 is 38.5 Å². The average Bonchev–Trinajstić information content (AvgIpc) is 2.36. The Bertz CT molecular complexity index is 646. The van der Waals surface area contributed by atoms with Gasteiger partial charge in [-0.05, 0) is 59.3 Å². The Balaban J connectivity index is 2.28. The van der Waals surface area contributed by atoms with Crippen LogP contribution in [-0.4, -0.2) is 4.92 Å². The van der Waals surface area contributed by atoms with Gasteiger partial charge in [-0.25, -0.2) is 0 Å². The summed E-state index contributed by atoms with van der Waals surface area (Å²) < 4.78 is 7.44. The highest BCUT2D eigenvalue weighted by molar-refractivity contribution is 14.1. The Morgan fingerprint density at radius 3 is 2.58 bits per heavy atom. The van der Waals surface area contributed by atoms with Gasteiger partial charge in [0.25, 0.3) is 5.69 Å². The monoisotopic (exact) mass is 433 g/mol. The Morgan fingerprint density at radius 1 is 1.26 bits per heavy atom. The van der Waals surface area contributed by atoms with Crippen molar-refractivity contribution in [3.05, 3.63) is 60.1 Å². The molecule has 0 aliphatic carbocycles. The third-order valence-corrected chi connectivity index (χ3v) is 4.22. The summed E-state index contributed by atoms with van der Waals surface area (Å²) in [6.45, 7) is 1.97. The van der Waals surface area contributed by atoms with Gasteiger partial charge in [-0.3, -0.25) is 10.1 Å². The molecule has 0 saturated heterocycles. The van der Waals surface area contributed by atoms with E-state index in [2.05, 4.69) is 15.9 Å². The largest absolute Gasteiger partial charge is 0.456 e. The number of aryl methyl sites for hydroxylation is 1. The summed E-state index contributed by atoms with van der Waals surface area (Å²) in [4.78, 5) is 10.2. The van der Waals surface area contributed by atoms with E-state index in [0.29, 0.717) is 15.1 Å². The van der Waals surface area contributed by atoms with Crippen molar-refractivity contribution in [1.29, 1.82) is 0 Å². The lowest BCUT2D eigenvalue weighted by molar-refractivity contribution is -0.385. The van der Waals surface area contributed by atoms with Crippen molar-refractivity contribution in [2.24, 2.45) is 0 Å². The minimum absolute atomic E-state index is 0.0590. The minimum atomic E-state index is -0.421. The highest BCUT2D eigenvalue weighted by atomic mass is 127. The molecule has 0 heterocycles. The van der Waals surface area contributed by atoms with Gasteiger partial charge in [-0.2, -0.15) is 0 Å². The van der Waals surface area contributed by atoms with Crippen molar-refractivity contribution >= 4 is 44.2 Å². The molecule has 0 aliphatic heterocycles. The molecular formula is C13H9BrINO3. The van der Waals surface area contributed by atoms with Gasteiger partial charge in [0.1, 0.15) is 11.5 Å². The quantitative estimate of drug-likeness (QED) is 0.386. The number of halogens is 2. The first kappa shape index (κ1) is 14.3. The number of hydrogen-bond donors (Lipinski definition) is 0. The molecule has 0 radical (unpaired) electrons. The number of rotatable bonds is 3. The van der Waals surface area contributed by atoms with Crippen molar-refractivity contribution < 1.29 is 9.66 Å². The van der Waals surface area contributed by atoms with Gasteiger partial charge in [0.15, 0.2) is 0 Å². The van der Waals surface area contributed by atoms with Crippen LogP contribution in [0.25, 0.3) is 0 Å². The molecule has 2 rings (SSSR count). The lowest BCUT2D eigenvalue weighted by Crippen LogP contribution is -1.92. The lowest BCUT2D eigenvalue weighted by atomic mass is 10.2. The van der Waals surface area contributed by atoms with Crippen LogP contribution < -0.4 is 4.74 Å². The lowest BCUT2D eigenvalue weighted by Gasteiger charge is -2.09. The van der Waals surface area contributed by atoms with Crippen LogP contribution in [0.3, 0.4) is 0 Å². The zero-order chi connectivity index (χ0) is 14.0. The molecule has 0 spiro atoms. The van der Waals surface area contributed by atoms with E-state index in [-0.39, 0.29) is 5.69 Å². The molecule has 0 aliphatic rings. The van der Waals surface area contributed by atoms with Crippen LogP contribution in [0.2, 0.25) is 0 Å². The van der Waals surface area contributed by atoms with Gasteiger partial charge in [-0.1, -0.05) is 15.9 Å². The van der Waals surface area contributed by atoms with E-state index in [0.717, 1.165) is 10.0 Å². The van der Waals surface area contributed by atoms with Crippen molar-refractivity contribution in [3.8, 4) is 11.5 Å². The summed E-state index contributed by atoms with van der Waals surface area (Å²) >= 11 is 5.45. The normalized spacial score (nSPS) is 10.3. The zero-order valence-electron chi connectivity index (χ0n) is 9.89. The van der Waals surface area contributed by atoms with E-state index in [1.54, 1.807) is 6.07 Å². The summed E-state index contributed by atoms with van der Waals surface area (Å²) in [5, 5.41) is 10.7. The molecule has 2 aromatic rings. The van der Waals surface area contributed by atoms with Crippen molar-refractivity contribution in [3.63, 3.8) is 0 Å². The van der Waals surface area contributed by atoms with Crippen LogP contribution in [0, 0.1) is 20.6 Å². The van der Waals surface area contributed by atoms with E-state index in [1.165, 1.54) is 12.1 Å². The minimum Gasteiger partial charge on any atom is -0.456 e. The fourth-order valence-electron chi connectivity index (χ4n) is 1.49. The van der Waals surface area contributed by atoms with E-state index < -0.39 is 4.92 Å². The maximum Gasteiger partial charge on any atom is 0.270 e. The standard InChI is InChI=1S/C13H9BrINO3/c1-8-6-10(3-4-11(8)14)19-13-5-2-9(16(17)18)7-12(13)15/h2-7H,1H3. The number of nitro benzene ring substituents is 1. The Labute approximate surface area is 132 Å². The van der Waals surface area contributed by atoms with Crippen LogP contribution in [-0.2, 0) is 0 Å². The summed E-state index contributed by atoms with van der Waals surface area (Å²) in [5.41, 5.74) is 1.12. The van der Waals surface area contributed by atoms with Crippen LogP contribution in [0.15, 0.2) is 40.9 Å². The van der Waals surface area contributed by atoms with E-state index in [1.807, 2.05) is 47.7 Å². The molecule has 0 bridgehead atoms. The third kappa shape index (κ3) is 3.44. The zero-order valence-corrected chi connectivity index (χ0v) is 13.6. The summed E-state index contributed by atoms with van der Waals surface area (Å²) in [6, 6.07) is 10.2. The second-order valence-electron chi connectivity index (χ2n) is 3.88. The molecule has 0 unspecified atom stereocenters. The molecule has 0 N–H and O–H groups in total. The second kappa shape index (κ2) is 5.87. The maximum atomic E-state index is 10.7. The number of nitro groups is 1. The number of hydrogen-bond acceptors (Lipinski definition) is 3. The topological polar surface area (TPSA) is 52.4 Å². The summed E-state index contributed by atoms with van der Waals surface area (Å²) in [5.74, 6) is 1.31. The molecule has 4 nitrogen and oxygen atoms in total. The molecule has 0 saturated carbocycles. The summed E-state index contributed by atoms with van der Waals surface area (Å²) in [7, 11) is 0. The van der Waals surface area contributed by atoms with Crippen molar-refractivity contribution in [1.82, 2.24) is 0 Å². The number of ether oxygens (including phenoxy) is 1. The predicted molar refractivity (Wildman–Crippen MR) is 84.8 cm³/mol. The van der Waals surface area contributed by atoms with Gasteiger partial charge in [0.2, 0.25) is 0 Å². The number of nitrogens with zero attached hydrogens (tertiary/aromatic N) is 1. The van der Waals surface area contributed by atoms with Gasteiger partial charge in [-0.15, -0.1) is 0 Å². The van der Waals surface area contributed by atoms with Gasteiger partial charge in [0.05, 0.1) is 8.49 Å². The Morgan fingerprint density at radius 2 is 2.00 bits per heavy atom. The number of non-ortho nitro benzene ring substituents is 1. The first-order chi connectivity index (χ1) is 8.97.